The van der Waals surface area contributed by atoms with E-state index in [9.17, 15) is 13.6 Å². The van der Waals surface area contributed by atoms with E-state index in [1.807, 2.05) is 50.2 Å². The molecule has 0 spiro atoms. The van der Waals surface area contributed by atoms with Crippen molar-refractivity contribution < 1.29 is 41.7 Å². The largest absolute Gasteiger partial charge is 0.586 e. The number of aromatic nitrogens is 1. The second kappa shape index (κ2) is 11.3. The van der Waals surface area contributed by atoms with Crippen molar-refractivity contribution in [3.05, 3.63) is 89.4 Å². The molecule has 3 aliphatic rings. The molecule has 1 aromatic heterocycles. The third kappa shape index (κ3) is 6.19. The number of nitrogens with one attached hydrogen (secondary N) is 1. The summed E-state index contributed by atoms with van der Waals surface area (Å²) in [6.07, 6.45) is -3.05. The van der Waals surface area contributed by atoms with Crippen LogP contribution in [-0.2, 0) is 43.0 Å². The van der Waals surface area contributed by atoms with Crippen LogP contribution < -0.4 is 14.8 Å². The molecule has 3 heterocycles. The van der Waals surface area contributed by atoms with E-state index >= 15 is 4.39 Å². The number of carbonyl (C=O) groups excluding carboxylic acids is 1. The van der Waals surface area contributed by atoms with Gasteiger partial charge in [-0.2, -0.15) is 0 Å². The molecule has 2 fully saturated rings. The van der Waals surface area contributed by atoms with Crippen LogP contribution in [0.15, 0.2) is 66.7 Å². The standard InChI is InChI=1S/C36H37F3N2O6/c1-33(2,21-43-19-22-8-6-5-7-9-22)31-15-23-14-27(26(37)17-28(23)41(31)18-25-20-44-34(3,4)45-25)40-32(42)35(12-13-35)24-10-11-29-30(16-24)47-36(38,39)46-29/h5-11,14-17,25H,12-13,18-21H2,1-4H3,(H,40,42)/t25-/m1/s1. The molecule has 1 N–H and O–H groups in total. The Morgan fingerprint density at radius 3 is 2.47 bits per heavy atom. The highest BCUT2D eigenvalue weighted by Gasteiger charge is 2.53. The molecule has 11 heteroatoms. The maximum atomic E-state index is 15.8. The van der Waals surface area contributed by atoms with Crippen LogP contribution in [0.4, 0.5) is 18.9 Å². The minimum atomic E-state index is -3.76. The smallest absolute Gasteiger partial charge is 0.395 e. The van der Waals surface area contributed by atoms with Crippen molar-refractivity contribution in [2.45, 2.75) is 82.7 Å². The number of alkyl halides is 2. The van der Waals surface area contributed by atoms with Gasteiger partial charge in [-0.3, -0.25) is 4.79 Å². The van der Waals surface area contributed by atoms with Gasteiger partial charge in [-0.25, -0.2) is 4.39 Å². The fraction of sp³-hybridized carbons (Fsp3) is 0.417. The van der Waals surface area contributed by atoms with Crippen LogP contribution >= 0.6 is 0 Å². The number of halogens is 3. The number of hydrogen-bond donors (Lipinski definition) is 1. The molecule has 248 valence electrons. The number of amides is 1. The molecular formula is C36H37F3N2O6. The minimum absolute atomic E-state index is 0.0319. The summed E-state index contributed by atoms with van der Waals surface area (Å²) in [5.41, 5.74) is 1.71. The third-order valence-electron chi connectivity index (χ3n) is 9.10. The number of nitrogens with zero attached hydrogens (tertiary/aromatic N) is 1. The SMILES string of the molecule is CC1(C)OC[C@@H](Cn2c(C(C)(C)COCc3ccccc3)cc3cc(NC(=O)C4(c5ccc6c(c5)OC(F)(F)O6)CC4)c(F)cc32)O1. The number of benzene rings is 3. The molecule has 0 unspecified atom stereocenters. The highest BCUT2D eigenvalue weighted by Crippen LogP contribution is 2.52. The van der Waals surface area contributed by atoms with E-state index in [4.69, 9.17) is 14.2 Å². The first-order valence-corrected chi connectivity index (χ1v) is 15.7. The molecule has 8 nitrogen and oxygen atoms in total. The number of hydrogen-bond acceptors (Lipinski definition) is 6. The number of fused-ring (bicyclic) bond motifs is 2. The van der Waals surface area contributed by atoms with E-state index in [0.717, 1.165) is 16.6 Å². The Hall–Kier alpha value is -4.06. The van der Waals surface area contributed by atoms with Crippen LogP contribution in [0.1, 0.15) is 57.4 Å². The van der Waals surface area contributed by atoms with Crippen LogP contribution in [0.2, 0.25) is 0 Å². The summed E-state index contributed by atoms with van der Waals surface area (Å²) in [4.78, 5) is 13.6. The van der Waals surface area contributed by atoms with Gasteiger partial charge < -0.3 is 33.6 Å². The number of carbonyl (C=O) groups is 1. The van der Waals surface area contributed by atoms with Gasteiger partial charge in [0, 0.05) is 22.6 Å². The highest BCUT2D eigenvalue weighted by molar-refractivity contribution is 6.03. The maximum Gasteiger partial charge on any atom is 0.586 e. The quantitative estimate of drug-likeness (QED) is 0.193. The van der Waals surface area contributed by atoms with Gasteiger partial charge in [0.25, 0.3) is 0 Å². The molecule has 47 heavy (non-hydrogen) atoms. The summed E-state index contributed by atoms with van der Waals surface area (Å²) in [5, 5.41) is 3.52. The second-order valence-corrected chi connectivity index (χ2v) is 13.7. The molecule has 1 saturated carbocycles. The maximum absolute atomic E-state index is 15.8. The second-order valence-electron chi connectivity index (χ2n) is 13.7. The molecule has 1 atom stereocenters. The minimum Gasteiger partial charge on any atom is -0.395 e. The first-order valence-electron chi connectivity index (χ1n) is 15.7. The van der Waals surface area contributed by atoms with E-state index in [1.165, 1.54) is 18.2 Å². The van der Waals surface area contributed by atoms with E-state index in [1.54, 1.807) is 12.1 Å². The van der Waals surface area contributed by atoms with Crippen LogP contribution in [0.25, 0.3) is 10.9 Å². The van der Waals surface area contributed by atoms with Crippen LogP contribution in [-0.4, -0.2) is 41.9 Å². The first kappa shape index (κ1) is 31.5. The Labute approximate surface area is 270 Å². The van der Waals surface area contributed by atoms with Gasteiger partial charge in [0.2, 0.25) is 5.91 Å². The lowest BCUT2D eigenvalue weighted by atomic mass is 9.90. The number of ether oxygens (including phenoxy) is 5. The van der Waals surface area contributed by atoms with Crippen molar-refractivity contribution >= 4 is 22.5 Å². The topological polar surface area (TPSA) is 80.2 Å². The summed E-state index contributed by atoms with van der Waals surface area (Å²) in [6.45, 7) is 9.57. The average molecular weight is 651 g/mol. The van der Waals surface area contributed by atoms with E-state index < -0.39 is 34.6 Å². The summed E-state index contributed by atoms with van der Waals surface area (Å²) in [7, 11) is 0. The van der Waals surface area contributed by atoms with Gasteiger partial charge in [-0.1, -0.05) is 50.2 Å². The van der Waals surface area contributed by atoms with Gasteiger partial charge in [0.15, 0.2) is 17.3 Å². The number of rotatable bonds is 10. The summed E-state index contributed by atoms with van der Waals surface area (Å²) in [6, 6.07) is 19.3. The Kier molecular flexibility index (Phi) is 7.57. The van der Waals surface area contributed by atoms with Crippen molar-refractivity contribution in [1.82, 2.24) is 4.57 Å². The van der Waals surface area contributed by atoms with Gasteiger partial charge in [-0.15, -0.1) is 8.78 Å². The molecule has 0 radical (unpaired) electrons. The average Bonchev–Trinajstić information content (AvgIpc) is 3.52. The fourth-order valence-electron chi connectivity index (χ4n) is 6.53. The van der Waals surface area contributed by atoms with Crippen LogP contribution in [0.3, 0.4) is 0 Å². The predicted octanol–water partition coefficient (Wildman–Crippen LogP) is 7.42. The first-order chi connectivity index (χ1) is 22.2. The third-order valence-corrected chi connectivity index (χ3v) is 9.10. The van der Waals surface area contributed by atoms with Crippen molar-refractivity contribution in [1.29, 1.82) is 0 Å². The molecular weight excluding hydrogens is 613 g/mol. The normalized spacial score (nSPS) is 20.4. The molecule has 0 bridgehead atoms. The van der Waals surface area contributed by atoms with Gasteiger partial charge >= 0.3 is 6.29 Å². The Balaban J connectivity index is 1.17. The molecule has 2 aliphatic heterocycles. The predicted molar refractivity (Wildman–Crippen MR) is 168 cm³/mol. The molecule has 1 aliphatic carbocycles. The summed E-state index contributed by atoms with van der Waals surface area (Å²) < 4.78 is 72.3. The Morgan fingerprint density at radius 1 is 1.02 bits per heavy atom. The lowest BCUT2D eigenvalue weighted by Crippen LogP contribution is -2.30. The van der Waals surface area contributed by atoms with Crippen molar-refractivity contribution in [3.63, 3.8) is 0 Å². The summed E-state index contributed by atoms with van der Waals surface area (Å²) >= 11 is 0. The lowest BCUT2D eigenvalue weighted by molar-refractivity contribution is -0.286. The Morgan fingerprint density at radius 2 is 1.77 bits per heavy atom. The summed E-state index contributed by atoms with van der Waals surface area (Å²) in [5.74, 6) is -1.97. The molecule has 7 rings (SSSR count). The van der Waals surface area contributed by atoms with Gasteiger partial charge in [0.05, 0.1) is 43.0 Å². The number of anilines is 1. The zero-order valence-electron chi connectivity index (χ0n) is 26.7. The monoisotopic (exact) mass is 650 g/mol. The van der Waals surface area contributed by atoms with Crippen LogP contribution in [0, 0.1) is 5.82 Å². The van der Waals surface area contributed by atoms with Crippen molar-refractivity contribution in [2.24, 2.45) is 0 Å². The zero-order valence-corrected chi connectivity index (χ0v) is 26.7. The van der Waals surface area contributed by atoms with E-state index in [2.05, 4.69) is 33.2 Å². The van der Waals surface area contributed by atoms with E-state index in [-0.39, 0.29) is 23.3 Å². The fourth-order valence-corrected chi connectivity index (χ4v) is 6.53. The zero-order chi connectivity index (χ0) is 33.2. The van der Waals surface area contributed by atoms with Crippen LogP contribution in [0.5, 0.6) is 11.5 Å². The van der Waals surface area contributed by atoms with E-state index in [0.29, 0.717) is 50.3 Å². The molecule has 1 saturated heterocycles. The Bertz CT molecular complexity index is 1830. The highest BCUT2D eigenvalue weighted by atomic mass is 19.3. The molecule has 3 aromatic carbocycles. The molecule has 4 aromatic rings. The van der Waals surface area contributed by atoms with Gasteiger partial charge in [0.1, 0.15) is 11.9 Å². The molecule has 1 amide bonds. The van der Waals surface area contributed by atoms with Crippen molar-refractivity contribution in [3.8, 4) is 11.5 Å². The van der Waals surface area contributed by atoms with Crippen molar-refractivity contribution in [2.75, 3.05) is 18.5 Å². The van der Waals surface area contributed by atoms with Gasteiger partial charge in [-0.05, 0) is 62.1 Å². The lowest BCUT2D eigenvalue weighted by Gasteiger charge is -2.28.